The van der Waals surface area contributed by atoms with E-state index in [-0.39, 0.29) is 11.2 Å². The Bertz CT molecular complexity index is 888. The number of fused-ring (bicyclic) bond motifs is 1. The van der Waals surface area contributed by atoms with Crippen LogP contribution in [0.1, 0.15) is 47.7 Å². The predicted molar refractivity (Wildman–Crippen MR) is 109 cm³/mol. The van der Waals surface area contributed by atoms with Gasteiger partial charge in [0.2, 0.25) is 5.91 Å². The van der Waals surface area contributed by atoms with Crippen LogP contribution in [0, 0.1) is 18.3 Å². The molecule has 1 aromatic heterocycles. The first-order chi connectivity index (χ1) is 13.0. The van der Waals surface area contributed by atoms with Gasteiger partial charge in [-0.3, -0.25) is 4.79 Å². The molecule has 0 bridgehead atoms. The van der Waals surface area contributed by atoms with Crippen LogP contribution in [0.3, 0.4) is 0 Å². The molecule has 0 aliphatic heterocycles. The molecule has 0 spiro atoms. The summed E-state index contributed by atoms with van der Waals surface area (Å²) in [5.74, 6) is 0.0478. The van der Waals surface area contributed by atoms with Crippen LogP contribution in [0.4, 0.5) is 0 Å². The van der Waals surface area contributed by atoms with Gasteiger partial charge in [0, 0.05) is 19.3 Å². The van der Waals surface area contributed by atoms with Crippen molar-refractivity contribution >= 4 is 17.7 Å². The first-order valence-corrected chi connectivity index (χ1v) is 10.3. The molecule has 0 saturated carbocycles. The third-order valence-corrected chi connectivity index (χ3v) is 6.16. The van der Waals surface area contributed by atoms with Crippen LogP contribution in [0.2, 0.25) is 0 Å². The van der Waals surface area contributed by atoms with E-state index in [2.05, 4.69) is 25.1 Å². The van der Waals surface area contributed by atoms with Crippen LogP contribution >= 0.6 is 11.8 Å². The lowest BCUT2D eigenvalue weighted by Crippen LogP contribution is -2.33. The number of hydrogen-bond donors (Lipinski definition) is 0. The molecule has 1 heterocycles. The number of rotatable bonds is 5. The Balaban J connectivity index is 1.72. The van der Waals surface area contributed by atoms with E-state index in [1.807, 2.05) is 32.2 Å². The molecule has 140 valence electrons. The molecule has 1 aliphatic carbocycles. The minimum Gasteiger partial charge on any atom is -0.340 e. The Labute approximate surface area is 165 Å². The Hall–Kier alpha value is -2.32. The molecule has 4 nitrogen and oxygen atoms in total. The van der Waals surface area contributed by atoms with E-state index >= 15 is 0 Å². The maximum absolute atomic E-state index is 12.8. The summed E-state index contributed by atoms with van der Waals surface area (Å²) in [5.41, 5.74) is 5.20. The van der Waals surface area contributed by atoms with E-state index in [4.69, 9.17) is 4.98 Å². The van der Waals surface area contributed by atoms with Gasteiger partial charge in [-0.15, -0.1) is 0 Å². The van der Waals surface area contributed by atoms with E-state index in [1.165, 1.54) is 22.9 Å². The van der Waals surface area contributed by atoms with Gasteiger partial charge in [0.05, 0.1) is 10.8 Å². The number of nitriles is 1. The van der Waals surface area contributed by atoms with Crippen molar-refractivity contribution in [1.29, 1.82) is 5.26 Å². The van der Waals surface area contributed by atoms with Gasteiger partial charge in [-0.05, 0) is 62.3 Å². The number of amides is 1. The number of aryl methyl sites for hydroxylation is 3. The van der Waals surface area contributed by atoms with Crippen LogP contribution in [0.25, 0.3) is 0 Å². The smallest absolute Gasteiger partial charge is 0.235 e. The second-order valence-corrected chi connectivity index (χ2v) is 8.48. The van der Waals surface area contributed by atoms with E-state index in [9.17, 15) is 10.1 Å². The molecular formula is C22H25N3OS. The zero-order chi connectivity index (χ0) is 19.4. The molecule has 0 N–H and O–H groups in total. The third kappa shape index (κ3) is 4.51. The van der Waals surface area contributed by atoms with E-state index in [0.29, 0.717) is 17.1 Å². The maximum Gasteiger partial charge on any atom is 0.235 e. The highest BCUT2D eigenvalue weighted by Crippen LogP contribution is 2.30. The average molecular weight is 380 g/mol. The van der Waals surface area contributed by atoms with Crippen molar-refractivity contribution in [1.82, 2.24) is 9.88 Å². The molecule has 5 heteroatoms. The van der Waals surface area contributed by atoms with Gasteiger partial charge in [0.1, 0.15) is 11.1 Å². The van der Waals surface area contributed by atoms with Gasteiger partial charge in [0.25, 0.3) is 0 Å². The summed E-state index contributed by atoms with van der Waals surface area (Å²) < 4.78 is 0. The number of benzene rings is 1. The number of carbonyl (C=O) groups is 1. The fourth-order valence-corrected chi connectivity index (χ4v) is 4.44. The van der Waals surface area contributed by atoms with E-state index in [0.717, 1.165) is 36.9 Å². The molecule has 1 amide bonds. The van der Waals surface area contributed by atoms with Crippen molar-refractivity contribution < 1.29 is 4.79 Å². The zero-order valence-electron chi connectivity index (χ0n) is 16.2. The monoisotopic (exact) mass is 379 g/mol. The van der Waals surface area contributed by atoms with Gasteiger partial charge < -0.3 is 4.90 Å². The molecular weight excluding hydrogens is 354 g/mol. The van der Waals surface area contributed by atoms with Gasteiger partial charge in [-0.2, -0.15) is 5.26 Å². The molecule has 0 radical (unpaired) electrons. The molecule has 1 unspecified atom stereocenters. The number of aromatic nitrogens is 1. The molecule has 3 rings (SSSR count). The van der Waals surface area contributed by atoms with Crippen LogP contribution in [0.15, 0.2) is 35.4 Å². The topological polar surface area (TPSA) is 57.0 Å². The van der Waals surface area contributed by atoms with Crippen molar-refractivity contribution in [2.24, 2.45) is 0 Å². The summed E-state index contributed by atoms with van der Waals surface area (Å²) in [6.45, 7) is 4.53. The fraction of sp³-hybridized carbons (Fsp3) is 0.409. The van der Waals surface area contributed by atoms with Gasteiger partial charge in [-0.25, -0.2) is 4.98 Å². The van der Waals surface area contributed by atoms with Crippen molar-refractivity contribution in [3.63, 3.8) is 0 Å². The average Bonchev–Trinajstić information content (AvgIpc) is 2.68. The second-order valence-electron chi connectivity index (χ2n) is 7.15. The lowest BCUT2D eigenvalue weighted by atomic mass is 9.95. The Morgan fingerprint density at radius 2 is 2.07 bits per heavy atom. The van der Waals surface area contributed by atoms with Gasteiger partial charge in [0.15, 0.2) is 0 Å². The Kier molecular flexibility index (Phi) is 6.18. The van der Waals surface area contributed by atoms with E-state index < -0.39 is 0 Å². The standard InChI is InChI=1S/C22H25N3OS/c1-15-8-4-5-10-18(15)14-25(3)22(26)16(2)27-21-19(13-23)12-17-9-6-7-11-20(17)24-21/h4-5,8,10,12,16H,6-7,9,11,14H2,1-3H3. The third-order valence-electron chi connectivity index (χ3n) is 5.07. The summed E-state index contributed by atoms with van der Waals surface area (Å²) in [5, 5.41) is 9.90. The predicted octanol–water partition coefficient (Wildman–Crippen LogP) is 4.28. The SMILES string of the molecule is Cc1ccccc1CN(C)C(=O)C(C)Sc1nc2c(cc1C#N)CCCC2. The van der Waals surface area contributed by atoms with Crippen molar-refractivity contribution in [3.8, 4) is 6.07 Å². The largest absolute Gasteiger partial charge is 0.340 e. The summed E-state index contributed by atoms with van der Waals surface area (Å²) in [4.78, 5) is 19.3. The highest BCUT2D eigenvalue weighted by atomic mass is 32.2. The lowest BCUT2D eigenvalue weighted by Gasteiger charge is -2.23. The first-order valence-electron chi connectivity index (χ1n) is 9.38. The summed E-state index contributed by atoms with van der Waals surface area (Å²) in [6, 6.07) is 12.3. The molecule has 2 aromatic rings. The van der Waals surface area contributed by atoms with Crippen LogP contribution in [-0.4, -0.2) is 28.1 Å². The molecule has 0 saturated heterocycles. The number of nitrogens with zero attached hydrogens (tertiary/aromatic N) is 3. The van der Waals surface area contributed by atoms with Crippen molar-refractivity contribution in [2.75, 3.05) is 7.05 Å². The van der Waals surface area contributed by atoms with Crippen LogP contribution in [-0.2, 0) is 24.2 Å². The first kappa shape index (κ1) is 19.4. The van der Waals surface area contributed by atoms with Crippen LogP contribution in [0.5, 0.6) is 0 Å². The summed E-state index contributed by atoms with van der Waals surface area (Å²) >= 11 is 1.39. The maximum atomic E-state index is 12.8. The summed E-state index contributed by atoms with van der Waals surface area (Å²) in [7, 11) is 1.83. The minimum absolute atomic E-state index is 0.0478. The second kappa shape index (κ2) is 8.58. The molecule has 0 fully saturated rings. The fourth-order valence-electron chi connectivity index (χ4n) is 3.43. The quantitative estimate of drug-likeness (QED) is 0.728. The summed E-state index contributed by atoms with van der Waals surface area (Å²) in [6.07, 6.45) is 4.26. The van der Waals surface area contributed by atoms with Gasteiger partial charge in [-0.1, -0.05) is 36.0 Å². The highest BCUT2D eigenvalue weighted by Gasteiger charge is 2.23. The molecule has 1 atom stereocenters. The molecule has 1 aromatic carbocycles. The van der Waals surface area contributed by atoms with Crippen molar-refractivity contribution in [2.45, 2.75) is 56.4 Å². The number of thioether (sulfide) groups is 1. The van der Waals surface area contributed by atoms with Crippen molar-refractivity contribution in [3.05, 3.63) is 58.3 Å². The highest BCUT2D eigenvalue weighted by molar-refractivity contribution is 8.00. The van der Waals surface area contributed by atoms with Crippen LogP contribution < -0.4 is 0 Å². The number of carbonyl (C=O) groups excluding carboxylic acids is 1. The Morgan fingerprint density at radius 1 is 1.33 bits per heavy atom. The number of hydrogen-bond acceptors (Lipinski definition) is 4. The minimum atomic E-state index is -0.291. The normalized spacial score (nSPS) is 14.1. The lowest BCUT2D eigenvalue weighted by molar-refractivity contribution is -0.129. The van der Waals surface area contributed by atoms with E-state index in [1.54, 1.807) is 4.90 Å². The number of pyridine rings is 1. The molecule has 1 aliphatic rings. The zero-order valence-corrected chi connectivity index (χ0v) is 17.0. The Morgan fingerprint density at radius 3 is 2.81 bits per heavy atom. The van der Waals surface area contributed by atoms with Gasteiger partial charge >= 0.3 is 0 Å². The molecule has 27 heavy (non-hydrogen) atoms.